The van der Waals surface area contributed by atoms with Crippen LogP contribution < -0.4 is 5.73 Å². The van der Waals surface area contributed by atoms with Crippen LogP contribution in [0.25, 0.3) is 0 Å². The Morgan fingerprint density at radius 2 is 1.58 bits per heavy atom. The Morgan fingerprint density at radius 1 is 0.958 bits per heavy atom. The van der Waals surface area contributed by atoms with E-state index < -0.39 is 5.91 Å². The summed E-state index contributed by atoms with van der Waals surface area (Å²) in [7, 11) is 0. The zero-order valence-corrected chi connectivity index (χ0v) is 14.6. The molecule has 0 spiro atoms. The minimum Gasteiger partial charge on any atom is -0.370 e. The molecule has 24 heavy (non-hydrogen) atoms. The van der Waals surface area contributed by atoms with Gasteiger partial charge in [-0.15, -0.1) is 0 Å². The summed E-state index contributed by atoms with van der Waals surface area (Å²) in [5.74, 6) is -0.605. The van der Waals surface area contributed by atoms with Crippen molar-refractivity contribution in [3.8, 4) is 0 Å². The molecular formula is C18H18Cl2N2O2. The first-order valence-corrected chi connectivity index (χ1v) is 8.26. The zero-order valence-electron chi connectivity index (χ0n) is 13.0. The summed E-state index contributed by atoms with van der Waals surface area (Å²) in [5, 5.41) is 0.899. The number of primary amides is 1. The molecule has 0 unspecified atom stereocenters. The molecule has 2 rings (SSSR count). The summed E-state index contributed by atoms with van der Waals surface area (Å²) in [6.07, 6.45) is 0.179. The minimum atomic E-state index is -0.448. The van der Waals surface area contributed by atoms with Crippen LogP contribution in [0.1, 0.15) is 17.5 Å². The Balaban J connectivity index is 2.15. The van der Waals surface area contributed by atoms with Crippen molar-refractivity contribution < 1.29 is 9.59 Å². The van der Waals surface area contributed by atoms with E-state index in [1.54, 1.807) is 23.1 Å². The third kappa shape index (κ3) is 5.25. The molecule has 0 radical (unpaired) electrons. The van der Waals surface area contributed by atoms with Crippen LogP contribution in [0.4, 0.5) is 0 Å². The first-order chi connectivity index (χ1) is 11.5. The van der Waals surface area contributed by atoms with E-state index in [1.807, 2.05) is 30.3 Å². The maximum Gasteiger partial charge on any atom is 0.227 e. The summed E-state index contributed by atoms with van der Waals surface area (Å²) in [6.45, 7) is 0.653. The molecule has 0 bridgehead atoms. The fraction of sp³-hybridized carbons (Fsp3) is 0.222. The monoisotopic (exact) mass is 364 g/mol. The average molecular weight is 365 g/mol. The lowest BCUT2D eigenvalue weighted by molar-refractivity contribution is -0.131. The molecule has 0 aliphatic carbocycles. The molecule has 2 aromatic rings. The van der Waals surface area contributed by atoms with Crippen LogP contribution in [0.3, 0.4) is 0 Å². The number of nitrogens with zero attached hydrogens (tertiary/aromatic N) is 1. The van der Waals surface area contributed by atoms with Crippen molar-refractivity contribution in [1.29, 1.82) is 0 Å². The predicted molar refractivity (Wildman–Crippen MR) is 95.8 cm³/mol. The Kier molecular flexibility index (Phi) is 6.64. The van der Waals surface area contributed by atoms with Gasteiger partial charge in [0.25, 0.3) is 0 Å². The molecule has 4 nitrogen and oxygen atoms in total. The van der Waals surface area contributed by atoms with Crippen molar-refractivity contribution in [2.75, 3.05) is 6.54 Å². The molecule has 0 saturated carbocycles. The highest BCUT2D eigenvalue weighted by atomic mass is 35.5. The number of hydrogen-bond donors (Lipinski definition) is 1. The Hall–Kier alpha value is -2.04. The lowest BCUT2D eigenvalue weighted by Gasteiger charge is -2.23. The van der Waals surface area contributed by atoms with Crippen molar-refractivity contribution in [2.24, 2.45) is 5.73 Å². The van der Waals surface area contributed by atoms with Crippen molar-refractivity contribution in [3.05, 3.63) is 69.7 Å². The number of rotatable bonds is 7. The van der Waals surface area contributed by atoms with Gasteiger partial charge in [-0.25, -0.2) is 0 Å². The summed E-state index contributed by atoms with van der Waals surface area (Å²) >= 11 is 12.3. The summed E-state index contributed by atoms with van der Waals surface area (Å²) in [6, 6.07) is 14.7. The summed E-state index contributed by atoms with van der Waals surface area (Å²) in [4.78, 5) is 25.4. The molecule has 2 aromatic carbocycles. The number of amides is 2. The Morgan fingerprint density at radius 3 is 2.17 bits per heavy atom. The highest BCUT2D eigenvalue weighted by Gasteiger charge is 2.18. The average Bonchev–Trinajstić information content (AvgIpc) is 2.55. The van der Waals surface area contributed by atoms with Crippen LogP contribution in [-0.4, -0.2) is 23.3 Å². The Labute approximate surface area is 151 Å². The molecule has 0 heterocycles. The molecule has 0 aliphatic heterocycles. The molecule has 2 N–H and O–H groups in total. The van der Waals surface area contributed by atoms with Gasteiger partial charge in [-0.3, -0.25) is 9.59 Å². The fourth-order valence-electron chi connectivity index (χ4n) is 2.31. The zero-order chi connectivity index (χ0) is 17.5. The minimum absolute atomic E-state index is 0.0735. The van der Waals surface area contributed by atoms with Crippen LogP contribution in [0, 0.1) is 0 Å². The van der Waals surface area contributed by atoms with E-state index in [9.17, 15) is 9.59 Å². The molecule has 2 amide bonds. The number of halogens is 2. The van der Waals surface area contributed by atoms with E-state index in [-0.39, 0.29) is 25.3 Å². The van der Waals surface area contributed by atoms with Crippen LogP contribution in [0.2, 0.25) is 10.0 Å². The van der Waals surface area contributed by atoms with Crippen molar-refractivity contribution in [2.45, 2.75) is 19.4 Å². The van der Waals surface area contributed by atoms with E-state index in [2.05, 4.69) is 0 Å². The van der Waals surface area contributed by atoms with Crippen LogP contribution in [-0.2, 0) is 22.6 Å². The van der Waals surface area contributed by atoms with Gasteiger partial charge in [0.05, 0.1) is 6.42 Å². The molecule has 126 valence electrons. The maximum atomic E-state index is 12.7. The van der Waals surface area contributed by atoms with Crippen LogP contribution >= 0.6 is 23.2 Å². The number of carbonyl (C=O) groups excluding carboxylic acids is 2. The Bertz CT molecular complexity index is 700. The first kappa shape index (κ1) is 18.3. The first-order valence-electron chi connectivity index (χ1n) is 7.50. The number of hydrogen-bond acceptors (Lipinski definition) is 2. The summed E-state index contributed by atoms with van der Waals surface area (Å²) < 4.78 is 0. The molecule has 0 saturated heterocycles. The van der Waals surface area contributed by atoms with Crippen LogP contribution in [0.5, 0.6) is 0 Å². The highest BCUT2D eigenvalue weighted by molar-refractivity contribution is 6.36. The van der Waals surface area contributed by atoms with Gasteiger partial charge in [0, 0.05) is 29.6 Å². The topological polar surface area (TPSA) is 63.4 Å². The molecular weight excluding hydrogens is 347 g/mol. The van der Waals surface area contributed by atoms with Crippen molar-refractivity contribution in [3.63, 3.8) is 0 Å². The normalized spacial score (nSPS) is 10.4. The maximum absolute atomic E-state index is 12.7. The van der Waals surface area contributed by atoms with Crippen molar-refractivity contribution >= 4 is 35.0 Å². The molecule has 0 atom stereocenters. The lowest BCUT2D eigenvalue weighted by atomic mass is 10.1. The molecule has 6 heteroatoms. The van der Waals surface area contributed by atoms with E-state index >= 15 is 0 Å². The standard InChI is InChI=1S/C18H18Cl2N2O2/c19-15-7-4-8-16(20)14(15)11-18(24)22(10-9-17(21)23)12-13-5-2-1-3-6-13/h1-8H,9-12H2,(H2,21,23). The second-order valence-electron chi connectivity index (χ2n) is 5.39. The van der Waals surface area contributed by atoms with Gasteiger partial charge < -0.3 is 10.6 Å². The van der Waals surface area contributed by atoms with Gasteiger partial charge in [-0.1, -0.05) is 59.6 Å². The van der Waals surface area contributed by atoms with Gasteiger partial charge in [-0.05, 0) is 23.3 Å². The van der Waals surface area contributed by atoms with Gasteiger partial charge in [-0.2, -0.15) is 0 Å². The van der Waals surface area contributed by atoms with E-state index in [0.717, 1.165) is 5.56 Å². The summed E-state index contributed by atoms with van der Waals surface area (Å²) in [5.41, 5.74) is 6.77. The smallest absolute Gasteiger partial charge is 0.227 e. The number of carbonyl (C=O) groups is 2. The lowest BCUT2D eigenvalue weighted by Crippen LogP contribution is -2.34. The second-order valence-corrected chi connectivity index (χ2v) is 6.21. The largest absolute Gasteiger partial charge is 0.370 e. The fourth-order valence-corrected chi connectivity index (χ4v) is 2.84. The van der Waals surface area contributed by atoms with Gasteiger partial charge in [0.15, 0.2) is 0 Å². The quantitative estimate of drug-likeness (QED) is 0.817. The third-order valence-corrected chi connectivity index (χ3v) is 4.29. The molecule has 0 aromatic heterocycles. The van der Waals surface area contributed by atoms with Gasteiger partial charge in [0.1, 0.15) is 0 Å². The van der Waals surface area contributed by atoms with E-state index in [4.69, 9.17) is 28.9 Å². The van der Waals surface area contributed by atoms with Gasteiger partial charge >= 0.3 is 0 Å². The highest BCUT2D eigenvalue weighted by Crippen LogP contribution is 2.25. The van der Waals surface area contributed by atoms with Crippen molar-refractivity contribution in [1.82, 2.24) is 4.90 Å². The van der Waals surface area contributed by atoms with Gasteiger partial charge in [0.2, 0.25) is 11.8 Å². The molecule has 0 aliphatic rings. The van der Waals surface area contributed by atoms with E-state index in [0.29, 0.717) is 22.2 Å². The third-order valence-electron chi connectivity index (χ3n) is 3.59. The second kappa shape index (κ2) is 8.71. The number of nitrogens with two attached hydrogens (primary N) is 1. The predicted octanol–water partition coefficient (Wildman–Crippen LogP) is 3.44. The SMILES string of the molecule is NC(=O)CCN(Cc1ccccc1)C(=O)Cc1c(Cl)cccc1Cl. The number of benzene rings is 2. The molecule has 0 fully saturated rings. The van der Waals surface area contributed by atoms with E-state index in [1.165, 1.54) is 0 Å². The van der Waals surface area contributed by atoms with Crippen LogP contribution in [0.15, 0.2) is 48.5 Å².